The Morgan fingerprint density at radius 2 is 2.16 bits per heavy atom. The molecule has 0 aromatic heterocycles. The largest absolute Gasteiger partial charge is 0.374 e. The fourth-order valence-corrected chi connectivity index (χ4v) is 2.73. The number of nitrogens with zero attached hydrogens (tertiary/aromatic N) is 1. The highest BCUT2D eigenvalue weighted by Crippen LogP contribution is 2.27. The Labute approximate surface area is 126 Å². The Morgan fingerprint density at radius 3 is 2.74 bits per heavy atom. The van der Waals surface area contributed by atoms with Gasteiger partial charge in [0.2, 0.25) is 0 Å². The van der Waals surface area contributed by atoms with Crippen LogP contribution in [0, 0.1) is 0 Å². The zero-order chi connectivity index (χ0) is 14.3. The third-order valence-electron chi connectivity index (χ3n) is 3.22. The van der Waals surface area contributed by atoms with Gasteiger partial charge in [-0.3, -0.25) is 0 Å². The van der Waals surface area contributed by atoms with Crippen LogP contribution < -0.4 is 10.2 Å². The van der Waals surface area contributed by atoms with Crippen molar-refractivity contribution in [2.45, 2.75) is 26.3 Å². The molecule has 0 saturated heterocycles. The molecule has 0 aliphatic rings. The molecule has 0 aliphatic carbocycles. The van der Waals surface area contributed by atoms with Crippen molar-refractivity contribution in [3.8, 4) is 0 Å². The first-order valence-corrected chi connectivity index (χ1v) is 8.60. The van der Waals surface area contributed by atoms with E-state index in [1.807, 2.05) is 11.8 Å². The predicted molar refractivity (Wildman–Crippen MR) is 89.8 cm³/mol. The van der Waals surface area contributed by atoms with Gasteiger partial charge in [0, 0.05) is 36.1 Å². The lowest BCUT2D eigenvalue weighted by molar-refractivity contribution is 0.571. The summed E-state index contributed by atoms with van der Waals surface area (Å²) in [6.45, 7) is 6.40. The van der Waals surface area contributed by atoms with Gasteiger partial charge in [0.05, 0.1) is 0 Å². The number of thioether (sulfide) groups is 1. The van der Waals surface area contributed by atoms with Gasteiger partial charge >= 0.3 is 0 Å². The maximum absolute atomic E-state index is 6.41. The Hall–Kier alpha value is -0.380. The van der Waals surface area contributed by atoms with E-state index in [4.69, 9.17) is 11.6 Å². The van der Waals surface area contributed by atoms with Gasteiger partial charge in [0.15, 0.2) is 0 Å². The summed E-state index contributed by atoms with van der Waals surface area (Å²) < 4.78 is 0. The summed E-state index contributed by atoms with van der Waals surface area (Å²) >= 11 is 8.27. The molecular weight excluding hydrogens is 276 g/mol. The number of hydrogen-bond donors (Lipinski definition) is 1. The molecule has 0 fully saturated rings. The molecule has 1 N–H and O–H groups in total. The molecule has 4 heteroatoms. The van der Waals surface area contributed by atoms with Crippen LogP contribution in [-0.2, 0) is 0 Å². The second-order valence-electron chi connectivity index (χ2n) is 4.80. The average molecular weight is 301 g/mol. The van der Waals surface area contributed by atoms with Crippen LogP contribution in [0.5, 0.6) is 0 Å². The summed E-state index contributed by atoms with van der Waals surface area (Å²) in [4.78, 5) is 2.25. The lowest BCUT2D eigenvalue weighted by atomic mass is 10.1. The maximum Gasteiger partial charge on any atom is 0.0474 e. The van der Waals surface area contributed by atoms with Gasteiger partial charge in [-0.05, 0) is 43.8 Å². The van der Waals surface area contributed by atoms with Crippen LogP contribution in [0.3, 0.4) is 0 Å². The van der Waals surface area contributed by atoms with Crippen molar-refractivity contribution in [2.75, 3.05) is 37.0 Å². The highest BCUT2D eigenvalue weighted by molar-refractivity contribution is 7.98. The number of hydrogen-bond acceptors (Lipinski definition) is 3. The Morgan fingerprint density at radius 1 is 1.42 bits per heavy atom. The summed E-state index contributed by atoms with van der Waals surface area (Å²) in [5.74, 6) is 1.13. The van der Waals surface area contributed by atoms with Crippen molar-refractivity contribution < 1.29 is 0 Å². The summed E-state index contributed by atoms with van der Waals surface area (Å²) in [6, 6.07) is 6.67. The molecule has 1 atom stereocenters. The van der Waals surface area contributed by atoms with E-state index in [9.17, 15) is 0 Å². The average Bonchev–Trinajstić information content (AvgIpc) is 2.41. The minimum Gasteiger partial charge on any atom is -0.374 e. The van der Waals surface area contributed by atoms with Crippen LogP contribution >= 0.6 is 23.4 Å². The Kier molecular flexibility index (Phi) is 7.66. The second kappa shape index (κ2) is 8.72. The van der Waals surface area contributed by atoms with Gasteiger partial charge < -0.3 is 10.2 Å². The van der Waals surface area contributed by atoms with Crippen molar-refractivity contribution in [1.29, 1.82) is 0 Å². The third-order valence-corrected chi connectivity index (χ3v) is 4.14. The van der Waals surface area contributed by atoms with E-state index >= 15 is 0 Å². The van der Waals surface area contributed by atoms with E-state index < -0.39 is 0 Å². The molecule has 0 saturated carbocycles. The summed E-state index contributed by atoms with van der Waals surface area (Å²) in [7, 11) is 2.11. The molecule has 1 aromatic carbocycles. The standard InChI is InChI=1S/C15H25ClN2S/c1-5-8-17-12(2)14-7-6-13(11-15(14)16)18(3)9-10-19-4/h6-7,11-12,17H,5,8-10H2,1-4H3. The fourth-order valence-electron chi connectivity index (χ4n) is 1.93. The van der Waals surface area contributed by atoms with Gasteiger partial charge in [0.25, 0.3) is 0 Å². The minimum absolute atomic E-state index is 0.304. The number of benzene rings is 1. The van der Waals surface area contributed by atoms with Crippen LogP contribution in [-0.4, -0.2) is 32.1 Å². The predicted octanol–water partition coefficient (Wildman–Crippen LogP) is 4.20. The fraction of sp³-hybridized carbons (Fsp3) is 0.600. The first-order valence-electron chi connectivity index (χ1n) is 6.83. The van der Waals surface area contributed by atoms with Crippen LogP contribution in [0.1, 0.15) is 31.9 Å². The topological polar surface area (TPSA) is 15.3 Å². The van der Waals surface area contributed by atoms with Crippen molar-refractivity contribution in [1.82, 2.24) is 5.32 Å². The SMILES string of the molecule is CCCNC(C)c1ccc(N(C)CCSC)cc1Cl. The smallest absolute Gasteiger partial charge is 0.0474 e. The Balaban J connectivity index is 2.73. The highest BCUT2D eigenvalue weighted by Gasteiger charge is 2.10. The van der Waals surface area contributed by atoms with E-state index in [0.29, 0.717) is 6.04 Å². The molecule has 1 aromatic rings. The van der Waals surface area contributed by atoms with Gasteiger partial charge in [0.1, 0.15) is 0 Å². The number of nitrogens with one attached hydrogen (secondary N) is 1. The molecule has 0 aliphatic heterocycles. The number of anilines is 1. The number of halogens is 1. The van der Waals surface area contributed by atoms with Gasteiger partial charge in [-0.15, -0.1) is 0 Å². The molecule has 19 heavy (non-hydrogen) atoms. The van der Waals surface area contributed by atoms with E-state index in [-0.39, 0.29) is 0 Å². The first-order chi connectivity index (χ1) is 9.10. The summed E-state index contributed by atoms with van der Waals surface area (Å²) in [6.07, 6.45) is 3.27. The molecule has 108 valence electrons. The normalized spacial score (nSPS) is 12.5. The molecule has 2 nitrogen and oxygen atoms in total. The molecule has 1 unspecified atom stereocenters. The lowest BCUT2D eigenvalue weighted by Gasteiger charge is -2.21. The van der Waals surface area contributed by atoms with Gasteiger partial charge in [-0.25, -0.2) is 0 Å². The van der Waals surface area contributed by atoms with Crippen LogP contribution in [0.25, 0.3) is 0 Å². The Bertz CT molecular complexity index is 384. The van der Waals surface area contributed by atoms with Crippen LogP contribution in [0.4, 0.5) is 5.69 Å². The van der Waals surface area contributed by atoms with E-state index in [2.05, 4.69) is 55.6 Å². The van der Waals surface area contributed by atoms with E-state index in [0.717, 1.165) is 30.3 Å². The lowest BCUT2D eigenvalue weighted by Crippen LogP contribution is -2.21. The van der Waals surface area contributed by atoms with Crippen molar-refractivity contribution in [3.05, 3.63) is 28.8 Å². The molecule has 0 bridgehead atoms. The van der Waals surface area contributed by atoms with Crippen LogP contribution in [0.2, 0.25) is 5.02 Å². The molecule has 0 radical (unpaired) electrons. The minimum atomic E-state index is 0.304. The summed E-state index contributed by atoms with van der Waals surface area (Å²) in [5.41, 5.74) is 2.36. The van der Waals surface area contributed by atoms with Crippen molar-refractivity contribution in [2.24, 2.45) is 0 Å². The van der Waals surface area contributed by atoms with Crippen molar-refractivity contribution >= 4 is 29.1 Å². The summed E-state index contributed by atoms with van der Waals surface area (Å²) in [5, 5.41) is 4.32. The van der Waals surface area contributed by atoms with Gasteiger partial charge in [-0.2, -0.15) is 11.8 Å². The zero-order valence-electron chi connectivity index (χ0n) is 12.4. The monoisotopic (exact) mass is 300 g/mol. The molecule has 1 rings (SSSR count). The van der Waals surface area contributed by atoms with Gasteiger partial charge in [-0.1, -0.05) is 24.6 Å². The second-order valence-corrected chi connectivity index (χ2v) is 6.19. The van der Waals surface area contributed by atoms with Crippen LogP contribution in [0.15, 0.2) is 18.2 Å². The van der Waals surface area contributed by atoms with Crippen molar-refractivity contribution in [3.63, 3.8) is 0 Å². The molecule has 0 spiro atoms. The van der Waals surface area contributed by atoms with E-state index in [1.54, 1.807) is 0 Å². The number of rotatable bonds is 8. The maximum atomic E-state index is 6.41. The first kappa shape index (κ1) is 16.7. The third kappa shape index (κ3) is 5.25. The zero-order valence-corrected chi connectivity index (χ0v) is 13.9. The quantitative estimate of drug-likeness (QED) is 0.774. The highest BCUT2D eigenvalue weighted by atomic mass is 35.5. The molecule has 0 amide bonds. The molecule has 0 heterocycles. The molecular formula is C15H25ClN2S. The van der Waals surface area contributed by atoms with E-state index in [1.165, 1.54) is 11.3 Å².